The van der Waals surface area contributed by atoms with E-state index in [4.69, 9.17) is 4.74 Å². The Labute approximate surface area is 177 Å². The van der Waals surface area contributed by atoms with Gasteiger partial charge in [0.25, 0.3) is 5.19 Å². The van der Waals surface area contributed by atoms with E-state index in [1.807, 2.05) is 29.2 Å². The van der Waals surface area contributed by atoms with Gasteiger partial charge < -0.3 is 14.6 Å². The van der Waals surface area contributed by atoms with Gasteiger partial charge in [-0.3, -0.25) is 9.69 Å². The maximum absolute atomic E-state index is 11.7. The second kappa shape index (κ2) is 6.78. The number of H-pyrrole nitrogens is 1. The molecule has 8 heteroatoms. The smallest absolute Gasteiger partial charge is 0.281 e. The minimum absolute atomic E-state index is 0.200. The number of hydrogen-bond acceptors (Lipinski definition) is 6. The summed E-state index contributed by atoms with van der Waals surface area (Å²) in [4.78, 5) is 28.4. The Bertz CT molecular complexity index is 1230. The number of aromatic nitrogens is 3. The predicted octanol–water partition coefficient (Wildman–Crippen LogP) is 3.77. The molecular weight excluding hydrogens is 398 g/mol. The Morgan fingerprint density at radius 2 is 2.23 bits per heavy atom. The zero-order chi connectivity index (χ0) is 20.2. The fourth-order valence-corrected chi connectivity index (χ4v) is 5.60. The van der Waals surface area contributed by atoms with Gasteiger partial charge in [0.05, 0.1) is 4.70 Å². The number of aromatic amines is 1. The van der Waals surface area contributed by atoms with E-state index in [0.717, 1.165) is 42.0 Å². The van der Waals surface area contributed by atoms with Crippen molar-refractivity contribution in [1.29, 1.82) is 0 Å². The molecule has 2 atom stereocenters. The minimum Gasteiger partial charge on any atom is -0.431 e. The standard InChI is InChI=1S/C22H21N5O2S/c1-13(28)27-12-15-7-16(27)11-26(15)10-14-9-24-19-8-17(4-5-18(14)19)29-22-25-21-20(30-22)3-2-6-23-21/h2-6,8-9,15-16,24H,7,10-12H2,1H3/t15-,16-/m0/s1. The van der Waals surface area contributed by atoms with Crippen LogP contribution in [-0.2, 0) is 11.3 Å². The predicted molar refractivity (Wildman–Crippen MR) is 116 cm³/mol. The minimum atomic E-state index is 0.200. The van der Waals surface area contributed by atoms with E-state index < -0.39 is 0 Å². The lowest BCUT2D eigenvalue weighted by Crippen LogP contribution is -2.47. The Hall–Kier alpha value is -2.97. The number of nitrogens with one attached hydrogen (secondary N) is 1. The number of thiazole rings is 1. The molecule has 0 radical (unpaired) electrons. The molecule has 7 nitrogen and oxygen atoms in total. The fraction of sp³-hybridized carbons (Fsp3) is 0.318. The maximum Gasteiger partial charge on any atom is 0.281 e. The highest BCUT2D eigenvalue weighted by atomic mass is 32.1. The van der Waals surface area contributed by atoms with Crippen LogP contribution < -0.4 is 4.74 Å². The molecule has 2 saturated heterocycles. The molecule has 3 aromatic heterocycles. The van der Waals surface area contributed by atoms with E-state index in [1.54, 1.807) is 13.1 Å². The van der Waals surface area contributed by atoms with Gasteiger partial charge in [-0.2, -0.15) is 4.98 Å². The number of benzene rings is 1. The van der Waals surface area contributed by atoms with Crippen molar-refractivity contribution in [2.45, 2.75) is 32.0 Å². The van der Waals surface area contributed by atoms with Gasteiger partial charge in [0.15, 0.2) is 5.65 Å². The normalized spacial score (nSPS) is 21.2. The molecule has 0 aliphatic carbocycles. The number of rotatable bonds is 4. The number of fused-ring (bicyclic) bond motifs is 4. The van der Waals surface area contributed by atoms with Crippen LogP contribution >= 0.6 is 11.3 Å². The molecule has 0 unspecified atom stereocenters. The molecular formula is C22H21N5O2S. The second-order valence-electron chi connectivity index (χ2n) is 8.07. The van der Waals surface area contributed by atoms with Gasteiger partial charge in [-0.15, -0.1) is 0 Å². The largest absolute Gasteiger partial charge is 0.431 e. The summed E-state index contributed by atoms with van der Waals surface area (Å²) in [6.07, 6.45) is 4.92. The molecule has 2 bridgehead atoms. The van der Waals surface area contributed by atoms with Crippen molar-refractivity contribution < 1.29 is 9.53 Å². The van der Waals surface area contributed by atoms with Crippen LogP contribution in [0.3, 0.4) is 0 Å². The first kappa shape index (κ1) is 17.9. The molecule has 0 spiro atoms. The molecule has 30 heavy (non-hydrogen) atoms. The summed E-state index contributed by atoms with van der Waals surface area (Å²) in [7, 11) is 0. The van der Waals surface area contributed by atoms with E-state index in [2.05, 4.69) is 32.1 Å². The van der Waals surface area contributed by atoms with Gasteiger partial charge in [-0.25, -0.2) is 4.98 Å². The Balaban J connectivity index is 1.20. The summed E-state index contributed by atoms with van der Waals surface area (Å²) in [5.41, 5.74) is 3.04. The first-order valence-corrected chi connectivity index (χ1v) is 11.0. The lowest BCUT2D eigenvalue weighted by molar-refractivity contribution is -0.131. The lowest BCUT2D eigenvalue weighted by Gasteiger charge is -2.33. The van der Waals surface area contributed by atoms with Crippen molar-refractivity contribution in [3.63, 3.8) is 0 Å². The van der Waals surface area contributed by atoms with Crippen molar-refractivity contribution >= 4 is 38.5 Å². The molecule has 5 heterocycles. The molecule has 1 aromatic carbocycles. The van der Waals surface area contributed by atoms with Crippen molar-refractivity contribution in [2.75, 3.05) is 13.1 Å². The lowest BCUT2D eigenvalue weighted by atomic mass is 10.1. The number of ether oxygens (including phenoxy) is 1. The number of likely N-dealkylation sites (tertiary alicyclic amines) is 2. The molecule has 0 saturated carbocycles. The Morgan fingerprint density at radius 3 is 3.03 bits per heavy atom. The zero-order valence-electron chi connectivity index (χ0n) is 16.5. The van der Waals surface area contributed by atoms with Gasteiger partial charge in [0, 0.05) is 68.0 Å². The topological polar surface area (TPSA) is 74.4 Å². The molecule has 1 N–H and O–H groups in total. The third-order valence-electron chi connectivity index (χ3n) is 6.22. The van der Waals surface area contributed by atoms with Gasteiger partial charge in [-0.05, 0) is 36.2 Å². The third kappa shape index (κ3) is 2.95. The summed E-state index contributed by atoms with van der Waals surface area (Å²) in [5, 5.41) is 1.80. The van der Waals surface area contributed by atoms with Crippen molar-refractivity contribution in [3.8, 4) is 10.9 Å². The monoisotopic (exact) mass is 419 g/mol. The first-order valence-electron chi connectivity index (χ1n) is 10.1. The van der Waals surface area contributed by atoms with Crippen molar-refractivity contribution in [1.82, 2.24) is 24.8 Å². The van der Waals surface area contributed by atoms with E-state index in [-0.39, 0.29) is 5.91 Å². The number of hydrogen-bond donors (Lipinski definition) is 1. The fourth-order valence-electron chi connectivity index (χ4n) is 4.80. The SMILES string of the molecule is CC(=O)N1C[C@@H]2C[C@H]1CN2Cc1c[nH]c2cc(Oc3nc4ncccc4s3)ccc12. The van der Waals surface area contributed by atoms with Gasteiger partial charge in [0.1, 0.15) is 5.75 Å². The molecule has 152 valence electrons. The van der Waals surface area contributed by atoms with Crippen LogP contribution in [0, 0.1) is 0 Å². The molecule has 2 aliphatic rings. The molecule has 2 fully saturated rings. The molecule has 4 aromatic rings. The van der Waals surface area contributed by atoms with Crippen molar-refractivity contribution in [3.05, 3.63) is 48.3 Å². The number of pyridine rings is 1. The first-order chi connectivity index (χ1) is 14.6. The van der Waals surface area contributed by atoms with Crippen LogP contribution in [0.5, 0.6) is 10.9 Å². The highest BCUT2D eigenvalue weighted by Crippen LogP contribution is 2.35. The van der Waals surface area contributed by atoms with E-state index in [1.165, 1.54) is 22.3 Å². The molecule has 2 aliphatic heterocycles. The van der Waals surface area contributed by atoms with E-state index in [9.17, 15) is 4.79 Å². The highest BCUT2D eigenvalue weighted by Gasteiger charge is 2.44. The summed E-state index contributed by atoms with van der Waals surface area (Å²) >= 11 is 1.49. The quantitative estimate of drug-likeness (QED) is 0.545. The third-order valence-corrected chi connectivity index (χ3v) is 7.11. The maximum atomic E-state index is 11.7. The van der Waals surface area contributed by atoms with Crippen LogP contribution in [0.1, 0.15) is 18.9 Å². The Morgan fingerprint density at radius 1 is 1.30 bits per heavy atom. The average molecular weight is 420 g/mol. The number of carbonyl (C=O) groups is 1. The van der Waals surface area contributed by atoms with Crippen LogP contribution in [-0.4, -0.2) is 55.8 Å². The number of nitrogens with zero attached hydrogens (tertiary/aromatic N) is 4. The van der Waals surface area contributed by atoms with Crippen LogP contribution in [0.15, 0.2) is 42.7 Å². The van der Waals surface area contributed by atoms with Crippen LogP contribution in [0.25, 0.3) is 21.3 Å². The molecule has 1 amide bonds. The van der Waals surface area contributed by atoms with E-state index in [0.29, 0.717) is 22.9 Å². The highest BCUT2D eigenvalue weighted by molar-refractivity contribution is 7.20. The zero-order valence-corrected chi connectivity index (χ0v) is 17.4. The number of amides is 1. The van der Waals surface area contributed by atoms with E-state index >= 15 is 0 Å². The average Bonchev–Trinajstić information content (AvgIpc) is 3.50. The van der Waals surface area contributed by atoms with Crippen molar-refractivity contribution in [2.24, 2.45) is 0 Å². The van der Waals surface area contributed by atoms with Crippen LogP contribution in [0.2, 0.25) is 0 Å². The summed E-state index contributed by atoms with van der Waals surface area (Å²) < 4.78 is 7.00. The summed E-state index contributed by atoms with van der Waals surface area (Å²) in [6, 6.07) is 10.9. The Kier molecular flexibility index (Phi) is 4.04. The second-order valence-corrected chi connectivity index (χ2v) is 9.07. The summed E-state index contributed by atoms with van der Waals surface area (Å²) in [5.74, 6) is 0.956. The van der Waals surface area contributed by atoms with Gasteiger partial charge in [-0.1, -0.05) is 11.3 Å². The van der Waals surface area contributed by atoms with Gasteiger partial charge in [0.2, 0.25) is 5.91 Å². The molecule has 6 rings (SSSR count). The number of carbonyl (C=O) groups excluding carboxylic acids is 1. The van der Waals surface area contributed by atoms with Crippen LogP contribution in [0.4, 0.5) is 0 Å². The summed E-state index contributed by atoms with van der Waals surface area (Å²) in [6.45, 7) is 4.40. The van der Waals surface area contributed by atoms with Gasteiger partial charge >= 0.3 is 0 Å². The number of piperazine rings is 1.